The fraction of sp³-hybridized carbons (Fsp3) is 0.562. The van der Waals surface area contributed by atoms with E-state index in [0.717, 1.165) is 25.9 Å². The molecule has 4 N–H and O–H groups in total. The van der Waals surface area contributed by atoms with E-state index in [4.69, 9.17) is 11.5 Å². The summed E-state index contributed by atoms with van der Waals surface area (Å²) in [6, 6.07) is 8.63. The average molecular weight is 275 g/mol. The van der Waals surface area contributed by atoms with Gasteiger partial charge in [0.2, 0.25) is 5.91 Å². The summed E-state index contributed by atoms with van der Waals surface area (Å²) in [7, 11) is 0. The number of hydrogen-bond acceptors (Lipinski definition) is 3. The molecule has 1 saturated carbocycles. The van der Waals surface area contributed by atoms with Crippen molar-refractivity contribution in [3.63, 3.8) is 0 Å². The number of hydrogen-bond donors (Lipinski definition) is 2. The summed E-state index contributed by atoms with van der Waals surface area (Å²) in [6.07, 6.45) is 4.63. The van der Waals surface area contributed by atoms with Crippen LogP contribution in [-0.2, 0) is 6.54 Å². The van der Waals surface area contributed by atoms with Crippen molar-refractivity contribution in [2.45, 2.75) is 51.2 Å². The monoisotopic (exact) mass is 275 g/mol. The van der Waals surface area contributed by atoms with E-state index < -0.39 is 0 Å². The molecule has 0 heterocycles. The molecule has 1 fully saturated rings. The predicted octanol–water partition coefficient (Wildman–Crippen LogP) is 1.88. The molecule has 2 rings (SSSR count). The van der Waals surface area contributed by atoms with Crippen LogP contribution in [0.5, 0.6) is 0 Å². The van der Waals surface area contributed by atoms with Crippen molar-refractivity contribution in [3.8, 4) is 0 Å². The number of nitrogens with zero attached hydrogens (tertiary/aromatic N) is 1. The summed E-state index contributed by atoms with van der Waals surface area (Å²) in [5, 5.41) is 0. The van der Waals surface area contributed by atoms with Gasteiger partial charge in [0.05, 0.1) is 0 Å². The Kier molecular flexibility index (Phi) is 5.15. The van der Waals surface area contributed by atoms with E-state index in [1.807, 2.05) is 24.3 Å². The molecule has 0 radical (unpaired) electrons. The van der Waals surface area contributed by atoms with Crippen molar-refractivity contribution >= 4 is 5.91 Å². The van der Waals surface area contributed by atoms with E-state index in [1.54, 1.807) is 0 Å². The highest BCUT2D eigenvalue weighted by atomic mass is 16.1. The third-order valence-corrected chi connectivity index (χ3v) is 4.29. The number of rotatable bonds is 5. The van der Waals surface area contributed by atoms with E-state index in [2.05, 4.69) is 11.8 Å². The third-order valence-electron chi connectivity index (χ3n) is 4.29. The molecule has 4 nitrogen and oxygen atoms in total. The van der Waals surface area contributed by atoms with Gasteiger partial charge >= 0.3 is 0 Å². The molecule has 0 aliphatic heterocycles. The number of benzene rings is 1. The Morgan fingerprint density at radius 2 is 1.80 bits per heavy atom. The molecule has 0 bridgehead atoms. The van der Waals surface area contributed by atoms with Gasteiger partial charge in [0.25, 0.3) is 0 Å². The number of nitrogens with two attached hydrogens (primary N) is 2. The molecule has 1 aromatic carbocycles. The minimum atomic E-state index is -0.370. The number of carbonyl (C=O) groups excluding carboxylic acids is 1. The number of primary amides is 1. The van der Waals surface area contributed by atoms with Crippen molar-refractivity contribution in [2.75, 3.05) is 6.54 Å². The lowest BCUT2D eigenvalue weighted by Crippen LogP contribution is -2.40. The Morgan fingerprint density at radius 3 is 2.30 bits per heavy atom. The van der Waals surface area contributed by atoms with Gasteiger partial charge < -0.3 is 11.5 Å². The Hall–Kier alpha value is -1.39. The van der Waals surface area contributed by atoms with Crippen molar-refractivity contribution in [3.05, 3.63) is 35.4 Å². The van der Waals surface area contributed by atoms with Gasteiger partial charge in [0.15, 0.2) is 0 Å². The lowest BCUT2D eigenvalue weighted by atomic mass is 9.90. The van der Waals surface area contributed by atoms with Crippen LogP contribution in [0.2, 0.25) is 0 Å². The van der Waals surface area contributed by atoms with Crippen molar-refractivity contribution in [2.24, 2.45) is 11.5 Å². The summed E-state index contributed by atoms with van der Waals surface area (Å²) in [6.45, 7) is 4.17. The second kappa shape index (κ2) is 6.86. The molecule has 0 unspecified atom stereocenters. The molecule has 0 saturated heterocycles. The molecule has 4 heteroatoms. The zero-order chi connectivity index (χ0) is 14.5. The Bertz CT molecular complexity index is 436. The smallest absolute Gasteiger partial charge is 0.248 e. The molecular formula is C16H25N3O. The highest BCUT2D eigenvalue weighted by molar-refractivity contribution is 5.92. The molecule has 1 aliphatic rings. The molecular weight excluding hydrogens is 250 g/mol. The summed E-state index contributed by atoms with van der Waals surface area (Å²) in [5.41, 5.74) is 13.0. The van der Waals surface area contributed by atoms with Gasteiger partial charge in [-0.05, 0) is 49.9 Å². The highest BCUT2D eigenvalue weighted by Crippen LogP contribution is 2.23. The van der Waals surface area contributed by atoms with Gasteiger partial charge in [0.1, 0.15) is 0 Å². The number of amides is 1. The van der Waals surface area contributed by atoms with E-state index in [9.17, 15) is 4.79 Å². The lowest BCUT2D eigenvalue weighted by molar-refractivity contribution is 0.1000. The van der Waals surface area contributed by atoms with Crippen molar-refractivity contribution in [1.29, 1.82) is 0 Å². The maximum absolute atomic E-state index is 11.1. The first-order valence-electron chi connectivity index (χ1n) is 7.48. The van der Waals surface area contributed by atoms with Crippen molar-refractivity contribution in [1.82, 2.24) is 4.90 Å². The first kappa shape index (κ1) is 15.0. The van der Waals surface area contributed by atoms with E-state index in [-0.39, 0.29) is 5.91 Å². The summed E-state index contributed by atoms with van der Waals surface area (Å²) < 4.78 is 0. The molecule has 1 aliphatic carbocycles. The maximum Gasteiger partial charge on any atom is 0.248 e. The van der Waals surface area contributed by atoms with Gasteiger partial charge in [-0.15, -0.1) is 0 Å². The highest BCUT2D eigenvalue weighted by Gasteiger charge is 2.23. The topological polar surface area (TPSA) is 72.3 Å². The van der Waals surface area contributed by atoms with Crippen LogP contribution in [0.4, 0.5) is 0 Å². The van der Waals surface area contributed by atoms with E-state index >= 15 is 0 Å². The summed E-state index contributed by atoms with van der Waals surface area (Å²) in [5.74, 6) is -0.370. The third kappa shape index (κ3) is 3.81. The maximum atomic E-state index is 11.1. The summed E-state index contributed by atoms with van der Waals surface area (Å²) >= 11 is 0. The van der Waals surface area contributed by atoms with Crippen LogP contribution >= 0.6 is 0 Å². The Morgan fingerprint density at radius 1 is 1.20 bits per heavy atom. The molecule has 110 valence electrons. The Labute approximate surface area is 121 Å². The van der Waals surface area contributed by atoms with E-state index in [0.29, 0.717) is 17.6 Å². The average Bonchev–Trinajstić information content (AvgIpc) is 2.46. The molecule has 20 heavy (non-hydrogen) atoms. The molecule has 1 aromatic rings. The molecule has 0 atom stereocenters. The largest absolute Gasteiger partial charge is 0.366 e. The molecule has 1 amide bonds. The first-order chi connectivity index (χ1) is 9.60. The molecule has 0 aromatic heterocycles. The quantitative estimate of drug-likeness (QED) is 0.861. The van der Waals surface area contributed by atoms with Crippen LogP contribution < -0.4 is 11.5 Å². The van der Waals surface area contributed by atoms with Gasteiger partial charge in [-0.1, -0.05) is 19.1 Å². The second-order valence-corrected chi connectivity index (χ2v) is 5.69. The van der Waals surface area contributed by atoms with Gasteiger partial charge in [-0.25, -0.2) is 0 Å². The van der Waals surface area contributed by atoms with Crippen LogP contribution in [0.15, 0.2) is 24.3 Å². The first-order valence-corrected chi connectivity index (χ1v) is 7.48. The van der Waals surface area contributed by atoms with E-state index in [1.165, 1.54) is 18.4 Å². The zero-order valence-electron chi connectivity index (χ0n) is 12.2. The fourth-order valence-corrected chi connectivity index (χ4v) is 2.97. The SMILES string of the molecule is CCN(Cc1ccc(C(N)=O)cc1)C1CCC(N)CC1. The van der Waals surface area contributed by atoms with Crippen LogP contribution in [-0.4, -0.2) is 29.4 Å². The van der Waals surface area contributed by atoms with Gasteiger partial charge in [-0.2, -0.15) is 0 Å². The lowest BCUT2D eigenvalue weighted by Gasteiger charge is -2.35. The minimum Gasteiger partial charge on any atom is -0.366 e. The summed E-state index contributed by atoms with van der Waals surface area (Å²) in [4.78, 5) is 13.6. The van der Waals surface area contributed by atoms with Gasteiger partial charge in [-0.3, -0.25) is 9.69 Å². The van der Waals surface area contributed by atoms with Gasteiger partial charge in [0, 0.05) is 24.2 Å². The minimum absolute atomic E-state index is 0.370. The standard InChI is InChI=1S/C16H25N3O/c1-2-19(15-9-7-14(17)8-10-15)11-12-3-5-13(6-4-12)16(18)20/h3-6,14-15H,2,7-11,17H2,1H3,(H2,18,20). The fourth-order valence-electron chi connectivity index (χ4n) is 2.97. The predicted molar refractivity (Wildman–Crippen MR) is 81.3 cm³/mol. The Balaban J connectivity index is 1.97. The van der Waals surface area contributed by atoms with Crippen LogP contribution in [0.25, 0.3) is 0 Å². The van der Waals surface area contributed by atoms with Crippen molar-refractivity contribution < 1.29 is 4.79 Å². The second-order valence-electron chi connectivity index (χ2n) is 5.69. The number of carbonyl (C=O) groups is 1. The van der Waals surface area contributed by atoms with Crippen LogP contribution in [0.3, 0.4) is 0 Å². The van der Waals surface area contributed by atoms with Crippen LogP contribution in [0, 0.1) is 0 Å². The normalized spacial score (nSPS) is 22.9. The van der Waals surface area contributed by atoms with Crippen LogP contribution in [0.1, 0.15) is 48.5 Å². The molecule has 0 spiro atoms. The zero-order valence-corrected chi connectivity index (χ0v) is 12.2.